The lowest BCUT2D eigenvalue weighted by Gasteiger charge is -2.34. The van der Waals surface area contributed by atoms with Gasteiger partial charge in [-0.2, -0.15) is 0 Å². The summed E-state index contributed by atoms with van der Waals surface area (Å²) in [7, 11) is 4.89. The number of piperazine rings is 1. The Labute approximate surface area is 148 Å². The molecule has 2 heterocycles. The zero-order chi connectivity index (χ0) is 17.6. The van der Waals surface area contributed by atoms with Gasteiger partial charge in [-0.05, 0) is 23.8 Å². The number of ether oxygens (including phenoxy) is 3. The molecule has 0 radical (unpaired) electrons. The van der Waals surface area contributed by atoms with Crippen molar-refractivity contribution in [2.24, 2.45) is 0 Å². The first kappa shape index (κ1) is 17.3. The maximum Gasteiger partial charge on any atom is 0.225 e. The third kappa shape index (κ3) is 3.93. The van der Waals surface area contributed by atoms with Gasteiger partial charge in [0.05, 0.1) is 21.3 Å². The Hall–Kier alpha value is -2.54. The van der Waals surface area contributed by atoms with Crippen LogP contribution in [0.4, 0.5) is 5.95 Å². The van der Waals surface area contributed by atoms with Crippen LogP contribution in [0.3, 0.4) is 0 Å². The summed E-state index contributed by atoms with van der Waals surface area (Å²) in [5.41, 5.74) is 1.14. The second kappa shape index (κ2) is 8.02. The Morgan fingerprint density at radius 2 is 1.48 bits per heavy atom. The highest BCUT2D eigenvalue weighted by atomic mass is 16.5. The first-order valence-electron chi connectivity index (χ1n) is 8.28. The van der Waals surface area contributed by atoms with Crippen molar-refractivity contribution in [3.8, 4) is 17.2 Å². The molecule has 1 saturated heterocycles. The van der Waals surface area contributed by atoms with E-state index in [4.69, 9.17) is 14.2 Å². The normalized spacial score (nSPS) is 15.1. The number of hydrogen-bond donors (Lipinski definition) is 0. The molecule has 1 aromatic carbocycles. The molecular weight excluding hydrogens is 320 g/mol. The lowest BCUT2D eigenvalue weighted by Crippen LogP contribution is -2.46. The zero-order valence-corrected chi connectivity index (χ0v) is 14.9. The third-order valence-corrected chi connectivity index (χ3v) is 4.34. The average Bonchev–Trinajstić information content (AvgIpc) is 2.68. The first-order chi connectivity index (χ1) is 12.2. The molecule has 1 aliphatic heterocycles. The van der Waals surface area contributed by atoms with Crippen molar-refractivity contribution < 1.29 is 14.2 Å². The van der Waals surface area contributed by atoms with Gasteiger partial charge in [0, 0.05) is 45.1 Å². The summed E-state index contributed by atoms with van der Waals surface area (Å²) in [5.74, 6) is 2.80. The summed E-state index contributed by atoms with van der Waals surface area (Å²) in [6.07, 6.45) is 3.56. The van der Waals surface area contributed by atoms with Gasteiger partial charge in [0.2, 0.25) is 11.7 Å². The fourth-order valence-electron chi connectivity index (χ4n) is 3.05. The molecule has 0 unspecified atom stereocenters. The molecule has 1 fully saturated rings. The SMILES string of the molecule is COc1cc(CN2CCN(c3ncccn3)CC2)cc(OC)c1OC. The van der Waals surface area contributed by atoms with Crippen LogP contribution >= 0.6 is 0 Å². The van der Waals surface area contributed by atoms with Crippen molar-refractivity contribution in [2.75, 3.05) is 52.4 Å². The summed E-state index contributed by atoms with van der Waals surface area (Å²) in [5, 5.41) is 0. The van der Waals surface area contributed by atoms with E-state index in [0.717, 1.165) is 44.2 Å². The number of hydrogen-bond acceptors (Lipinski definition) is 7. The van der Waals surface area contributed by atoms with Crippen molar-refractivity contribution in [3.63, 3.8) is 0 Å². The van der Waals surface area contributed by atoms with Gasteiger partial charge in [0.15, 0.2) is 11.5 Å². The average molecular weight is 344 g/mol. The van der Waals surface area contributed by atoms with Crippen molar-refractivity contribution in [1.29, 1.82) is 0 Å². The molecule has 0 amide bonds. The predicted molar refractivity (Wildman–Crippen MR) is 95.6 cm³/mol. The molecule has 1 aliphatic rings. The Bertz CT molecular complexity index is 663. The minimum atomic E-state index is 0.625. The second-order valence-electron chi connectivity index (χ2n) is 5.85. The molecule has 0 saturated carbocycles. The van der Waals surface area contributed by atoms with Gasteiger partial charge < -0.3 is 19.1 Å². The van der Waals surface area contributed by atoms with Gasteiger partial charge in [-0.15, -0.1) is 0 Å². The predicted octanol–water partition coefficient (Wildman–Crippen LogP) is 1.82. The molecule has 1 aromatic heterocycles. The molecule has 0 aliphatic carbocycles. The van der Waals surface area contributed by atoms with Gasteiger partial charge in [-0.25, -0.2) is 9.97 Å². The third-order valence-electron chi connectivity index (χ3n) is 4.34. The van der Waals surface area contributed by atoms with Crippen LogP contribution < -0.4 is 19.1 Å². The number of benzene rings is 1. The maximum absolute atomic E-state index is 5.44. The summed E-state index contributed by atoms with van der Waals surface area (Å²) in [4.78, 5) is 13.3. The lowest BCUT2D eigenvalue weighted by molar-refractivity contribution is 0.247. The Balaban J connectivity index is 1.66. The van der Waals surface area contributed by atoms with Crippen LogP contribution in [0.15, 0.2) is 30.6 Å². The smallest absolute Gasteiger partial charge is 0.225 e. The number of rotatable bonds is 6. The number of methoxy groups -OCH3 is 3. The minimum Gasteiger partial charge on any atom is -0.493 e. The summed E-state index contributed by atoms with van der Waals surface area (Å²) >= 11 is 0. The fraction of sp³-hybridized carbons (Fsp3) is 0.444. The van der Waals surface area contributed by atoms with Crippen LogP contribution in [0.5, 0.6) is 17.2 Å². The molecule has 7 heteroatoms. The van der Waals surface area contributed by atoms with E-state index in [0.29, 0.717) is 17.2 Å². The highest BCUT2D eigenvalue weighted by Gasteiger charge is 2.20. The molecule has 3 rings (SSSR count). The summed E-state index contributed by atoms with van der Waals surface area (Å²) in [6.45, 7) is 4.56. The Morgan fingerprint density at radius 3 is 2.00 bits per heavy atom. The van der Waals surface area contributed by atoms with Crippen LogP contribution in [-0.4, -0.2) is 62.4 Å². The van der Waals surface area contributed by atoms with Crippen molar-refractivity contribution in [3.05, 3.63) is 36.2 Å². The molecule has 134 valence electrons. The standard InChI is InChI=1S/C18H24N4O3/c1-23-15-11-14(12-16(24-2)17(15)25-3)13-21-7-9-22(10-8-21)18-19-5-4-6-20-18/h4-6,11-12H,7-10,13H2,1-3H3. The lowest BCUT2D eigenvalue weighted by atomic mass is 10.1. The second-order valence-corrected chi connectivity index (χ2v) is 5.85. The Kier molecular flexibility index (Phi) is 5.55. The van der Waals surface area contributed by atoms with Gasteiger partial charge in [0.25, 0.3) is 0 Å². The molecular formula is C18H24N4O3. The first-order valence-corrected chi connectivity index (χ1v) is 8.28. The largest absolute Gasteiger partial charge is 0.493 e. The molecule has 7 nitrogen and oxygen atoms in total. The van der Waals surface area contributed by atoms with Crippen molar-refractivity contribution in [1.82, 2.24) is 14.9 Å². The fourth-order valence-corrected chi connectivity index (χ4v) is 3.05. The summed E-state index contributed by atoms with van der Waals surface area (Å²) < 4.78 is 16.3. The van der Waals surface area contributed by atoms with Crippen molar-refractivity contribution in [2.45, 2.75) is 6.54 Å². The van der Waals surface area contributed by atoms with Gasteiger partial charge in [-0.1, -0.05) is 0 Å². The van der Waals surface area contributed by atoms with E-state index in [9.17, 15) is 0 Å². The number of aromatic nitrogens is 2. The molecule has 25 heavy (non-hydrogen) atoms. The summed E-state index contributed by atoms with van der Waals surface area (Å²) in [6, 6.07) is 5.85. The number of anilines is 1. The van der Waals surface area contributed by atoms with Crippen molar-refractivity contribution >= 4 is 5.95 Å². The van der Waals surface area contributed by atoms with Gasteiger partial charge in [0.1, 0.15) is 0 Å². The van der Waals surface area contributed by atoms with Crippen LogP contribution in [0.2, 0.25) is 0 Å². The monoisotopic (exact) mass is 344 g/mol. The zero-order valence-electron chi connectivity index (χ0n) is 14.9. The van der Waals surface area contributed by atoms with Crippen LogP contribution in [0.25, 0.3) is 0 Å². The van der Waals surface area contributed by atoms with E-state index in [1.165, 1.54) is 0 Å². The highest BCUT2D eigenvalue weighted by molar-refractivity contribution is 5.53. The van der Waals surface area contributed by atoms with Gasteiger partial charge in [-0.3, -0.25) is 4.90 Å². The molecule has 0 N–H and O–H groups in total. The maximum atomic E-state index is 5.44. The quantitative estimate of drug-likeness (QED) is 0.792. The molecule has 0 spiro atoms. The number of nitrogens with zero attached hydrogens (tertiary/aromatic N) is 4. The minimum absolute atomic E-state index is 0.625. The Morgan fingerprint density at radius 1 is 0.880 bits per heavy atom. The highest BCUT2D eigenvalue weighted by Crippen LogP contribution is 2.38. The molecule has 0 atom stereocenters. The van der Waals surface area contributed by atoms with E-state index >= 15 is 0 Å². The molecule has 0 bridgehead atoms. The van der Waals surface area contributed by atoms with E-state index < -0.39 is 0 Å². The van der Waals surface area contributed by atoms with Crippen LogP contribution in [-0.2, 0) is 6.54 Å². The van der Waals surface area contributed by atoms with E-state index in [2.05, 4.69) is 19.8 Å². The van der Waals surface area contributed by atoms with Crippen LogP contribution in [0, 0.1) is 0 Å². The van der Waals surface area contributed by atoms with E-state index in [-0.39, 0.29) is 0 Å². The van der Waals surface area contributed by atoms with E-state index in [1.54, 1.807) is 33.7 Å². The van der Waals surface area contributed by atoms with E-state index in [1.807, 2.05) is 18.2 Å². The van der Waals surface area contributed by atoms with Gasteiger partial charge >= 0.3 is 0 Å². The molecule has 2 aromatic rings. The topological polar surface area (TPSA) is 60.0 Å². The van der Waals surface area contributed by atoms with Crippen LogP contribution in [0.1, 0.15) is 5.56 Å².